The molecule has 2 unspecified atom stereocenters. The summed E-state index contributed by atoms with van der Waals surface area (Å²) in [5, 5.41) is 0. The van der Waals surface area contributed by atoms with E-state index in [9.17, 15) is 9.18 Å². The van der Waals surface area contributed by atoms with Crippen molar-refractivity contribution in [2.75, 3.05) is 13.8 Å². The van der Waals surface area contributed by atoms with Gasteiger partial charge in [0, 0.05) is 20.0 Å². The lowest BCUT2D eigenvalue weighted by atomic mass is 9.82. The van der Waals surface area contributed by atoms with Crippen molar-refractivity contribution in [1.82, 2.24) is 0 Å². The van der Waals surface area contributed by atoms with Gasteiger partial charge in [0.1, 0.15) is 5.78 Å². The minimum atomic E-state index is -0.385. The molecule has 1 aliphatic carbocycles. The third kappa shape index (κ3) is 4.29. The molecular weight excluding hydrogens is 195 g/mol. The topological polar surface area (TPSA) is 26.3 Å². The summed E-state index contributed by atoms with van der Waals surface area (Å²) in [6.07, 6.45) is 6.14. The zero-order chi connectivity index (χ0) is 11.1. The molecule has 0 saturated heterocycles. The van der Waals surface area contributed by atoms with Crippen molar-refractivity contribution < 1.29 is 13.9 Å². The van der Waals surface area contributed by atoms with E-state index in [2.05, 4.69) is 0 Å². The number of hydrogen-bond donors (Lipinski definition) is 0. The minimum Gasteiger partial charge on any atom is -0.381 e. The number of methoxy groups -OCH3 is 1. The highest BCUT2D eigenvalue weighted by atomic mass is 19.1. The molecule has 0 N–H and O–H groups in total. The number of ether oxygens (including phenoxy) is 1. The van der Waals surface area contributed by atoms with Crippen LogP contribution in [-0.4, -0.2) is 25.7 Å². The molecular formula is C12H21FO2. The molecule has 0 aromatic carbocycles. The third-order valence-corrected chi connectivity index (χ3v) is 3.22. The molecule has 1 saturated carbocycles. The van der Waals surface area contributed by atoms with Crippen LogP contribution in [0.15, 0.2) is 0 Å². The normalized spacial score (nSPS) is 26.5. The highest BCUT2D eigenvalue weighted by molar-refractivity contribution is 5.78. The zero-order valence-corrected chi connectivity index (χ0v) is 9.51. The predicted molar refractivity (Wildman–Crippen MR) is 57.6 cm³/mol. The van der Waals surface area contributed by atoms with Crippen molar-refractivity contribution in [1.29, 1.82) is 0 Å². The Morgan fingerprint density at radius 2 is 2.13 bits per heavy atom. The maximum atomic E-state index is 11.9. The molecule has 0 spiro atoms. The van der Waals surface area contributed by atoms with E-state index in [0.717, 1.165) is 12.8 Å². The Morgan fingerprint density at radius 1 is 1.40 bits per heavy atom. The summed E-state index contributed by atoms with van der Waals surface area (Å²) >= 11 is 0. The smallest absolute Gasteiger partial charge is 0.133 e. The van der Waals surface area contributed by atoms with Gasteiger partial charge in [-0.2, -0.15) is 0 Å². The summed E-state index contributed by atoms with van der Waals surface area (Å²) in [4.78, 5) is 11.5. The summed E-state index contributed by atoms with van der Waals surface area (Å²) in [7, 11) is 1.72. The van der Waals surface area contributed by atoms with Gasteiger partial charge in [0.05, 0.1) is 12.8 Å². The molecule has 1 rings (SSSR count). The number of hydrogen-bond acceptors (Lipinski definition) is 2. The standard InChI is InChI=1S/C12H21FO2/c1-15-12-7-3-2-5-10(12)9-11(14)6-4-8-13/h10,12H,2-9H2,1H3. The number of alkyl halides is 1. The fraction of sp³-hybridized carbons (Fsp3) is 0.917. The Kier molecular flexibility index (Phi) is 5.84. The zero-order valence-electron chi connectivity index (χ0n) is 9.51. The van der Waals surface area contributed by atoms with E-state index in [4.69, 9.17) is 4.74 Å². The lowest BCUT2D eigenvalue weighted by Gasteiger charge is -2.29. The molecule has 1 fully saturated rings. The number of Topliss-reactive ketones (excluding diaryl/α,β-unsaturated/α-hetero) is 1. The van der Waals surface area contributed by atoms with Gasteiger partial charge < -0.3 is 4.74 Å². The number of rotatable bonds is 6. The van der Waals surface area contributed by atoms with E-state index < -0.39 is 0 Å². The Bertz CT molecular complexity index is 194. The second kappa shape index (κ2) is 6.94. The van der Waals surface area contributed by atoms with Crippen LogP contribution in [0.5, 0.6) is 0 Å². The van der Waals surface area contributed by atoms with Crippen molar-refractivity contribution in [3.05, 3.63) is 0 Å². The third-order valence-electron chi connectivity index (χ3n) is 3.22. The van der Waals surface area contributed by atoms with Crippen LogP contribution in [-0.2, 0) is 9.53 Å². The fourth-order valence-electron chi connectivity index (χ4n) is 2.38. The highest BCUT2D eigenvalue weighted by Crippen LogP contribution is 2.29. The molecule has 0 aliphatic heterocycles. The number of ketones is 1. The van der Waals surface area contributed by atoms with Crippen LogP contribution in [0.4, 0.5) is 4.39 Å². The van der Waals surface area contributed by atoms with Crippen molar-refractivity contribution in [2.24, 2.45) is 5.92 Å². The van der Waals surface area contributed by atoms with Gasteiger partial charge in [-0.1, -0.05) is 12.8 Å². The molecule has 3 heteroatoms. The quantitative estimate of drug-likeness (QED) is 0.682. The Hall–Kier alpha value is -0.440. The van der Waals surface area contributed by atoms with Crippen molar-refractivity contribution in [3.8, 4) is 0 Å². The first-order valence-electron chi connectivity index (χ1n) is 5.88. The lowest BCUT2D eigenvalue weighted by molar-refractivity contribution is -0.121. The second-order valence-corrected chi connectivity index (χ2v) is 4.35. The fourth-order valence-corrected chi connectivity index (χ4v) is 2.38. The predicted octanol–water partition coefficient (Wildman–Crippen LogP) is 2.90. The molecule has 2 atom stereocenters. The van der Waals surface area contributed by atoms with Crippen LogP contribution in [0.2, 0.25) is 0 Å². The molecule has 15 heavy (non-hydrogen) atoms. The van der Waals surface area contributed by atoms with Crippen molar-refractivity contribution in [3.63, 3.8) is 0 Å². The van der Waals surface area contributed by atoms with Crippen LogP contribution >= 0.6 is 0 Å². The van der Waals surface area contributed by atoms with Crippen molar-refractivity contribution >= 4 is 5.78 Å². The summed E-state index contributed by atoms with van der Waals surface area (Å²) in [6, 6.07) is 0. The molecule has 88 valence electrons. The first-order valence-corrected chi connectivity index (χ1v) is 5.88. The number of halogens is 1. The van der Waals surface area contributed by atoms with Crippen LogP contribution in [0, 0.1) is 5.92 Å². The maximum absolute atomic E-state index is 11.9. The molecule has 0 radical (unpaired) electrons. The van der Waals surface area contributed by atoms with Crippen LogP contribution in [0.1, 0.15) is 44.9 Å². The van der Waals surface area contributed by atoms with Crippen molar-refractivity contribution in [2.45, 2.75) is 51.0 Å². The van der Waals surface area contributed by atoms with Gasteiger partial charge in [0.25, 0.3) is 0 Å². The van der Waals surface area contributed by atoms with Gasteiger partial charge in [0.15, 0.2) is 0 Å². The van der Waals surface area contributed by atoms with Gasteiger partial charge in [-0.05, 0) is 25.2 Å². The van der Waals surface area contributed by atoms with Gasteiger partial charge in [0.2, 0.25) is 0 Å². The van der Waals surface area contributed by atoms with Crippen LogP contribution < -0.4 is 0 Å². The van der Waals surface area contributed by atoms with E-state index in [1.807, 2.05) is 0 Å². The first-order chi connectivity index (χ1) is 7.27. The summed E-state index contributed by atoms with van der Waals surface area (Å²) in [5.41, 5.74) is 0. The summed E-state index contributed by atoms with van der Waals surface area (Å²) in [5.74, 6) is 0.567. The van der Waals surface area contributed by atoms with Gasteiger partial charge in [-0.25, -0.2) is 0 Å². The Balaban J connectivity index is 2.30. The molecule has 2 nitrogen and oxygen atoms in total. The Morgan fingerprint density at radius 3 is 2.80 bits per heavy atom. The van der Waals surface area contributed by atoms with E-state index in [1.54, 1.807) is 7.11 Å². The maximum Gasteiger partial charge on any atom is 0.133 e. The molecule has 0 heterocycles. The monoisotopic (exact) mass is 216 g/mol. The highest BCUT2D eigenvalue weighted by Gasteiger charge is 2.26. The largest absolute Gasteiger partial charge is 0.381 e. The van der Waals surface area contributed by atoms with Crippen LogP contribution in [0.3, 0.4) is 0 Å². The summed E-state index contributed by atoms with van der Waals surface area (Å²) in [6.45, 7) is -0.385. The first kappa shape index (κ1) is 12.6. The van der Waals surface area contributed by atoms with Gasteiger partial charge >= 0.3 is 0 Å². The van der Waals surface area contributed by atoms with Crippen LogP contribution in [0.25, 0.3) is 0 Å². The SMILES string of the molecule is COC1CCCCC1CC(=O)CCCF. The molecule has 0 aromatic heterocycles. The number of carbonyl (C=O) groups excluding carboxylic acids is 1. The average molecular weight is 216 g/mol. The van der Waals surface area contributed by atoms with E-state index in [1.165, 1.54) is 12.8 Å². The average Bonchev–Trinajstić information content (AvgIpc) is 2.27. The lowest BCUT2D eigenvalue weighted by Crippen LogP contribution is -2.28. The van der Waals surface area contributed by atoms with Gasteiger partial charge in [-0.3, -0.25) is 9.18 Å². The van der Waals surface area contributed by atoms with E-state index in [-0.39, 0.29) is 18.6 Å². The van der Waals surface area contributed by atoms with E-state index in [0.29, 0.717) is 25.2 Å². The molecule has 0 bridgehead atoms. The second-order valence-electron chi connectivity index (χ2n) is 4.35. The molecule has 0 amide bonds. The van der Waals surface area contributed by atoms with Gasteiger partial charge in [-0.15, -0.1) is 0 Å². The molecule has 1 aliphatic rings. The number of carbonyl (C=O) groups is 1. The Labute approximate surface area is 91.2 Å². The summed E-state index contributed by atoms with van der Waals surface area (Å²) < 4.78 is 17.3. The molecule has 0 aromatic rings. The minimum absolute atomic E-state index is 0.196. The van der Waals surface area contributed by atoms with E-state index >= 15 is 0 Å².